The van der Waals surface area contributed by atoms with E-state index in [9.17, 15) is 10.2 Å². The van der Waals surface area contributed by atoms with Crippen LogP contribution in [0.4, 0.5) is 0 Å². The smallest absolute Gasteiger partial charge is 0.872 e. The van der Waals surface area contributed by atoms with Crippen molar-refractivity contribution in [3.05, 3.63) is 59.7 Å². The van der Waals surface area contributed by atoms with Crippen molar-refractivity contribution in [2.75, 3.05) is 0 Å². The van der Waals surface area contributed by atoms with Crippen LogP contribution >= 0.6 is 0 Å². The predicted octanol–water partition coefficient (Wildman–Crippen LogP) is 1.04. The van der Waals surface area contributed by atoms with Crippen LogP contribution in [0, 0.1) is 0 Å². The van der Waals surface area contributed by atoms with E-state index in [2.05, 4.69) is 0 Å². The van der Waals surface area contributed by atoms with Gasteiger partial charge < -0.3 is 10.2 Å². The number of hydrogen-bond acceptors (Lipinski definition) is 2. The molecule has 0 spiro atoms. The van der Waals surface area contributed by atoms with Gasteiger partial charge in [0.05, 0.1) is 0 Å². The molecule has 0 aliphatic carbocycles. The summed E-state index contributed by atoms with van der Waals surface area (Å²) in [6, 6.07) is 13.6. The molecule has 0 atom stereocenters. The molecule has 0 radical (unpaired) electrons. The summed E-state index contributed by atoms with van der Waals surface area (Å²) in [5.41, 5.74) is 1.33. The van der Waals surface area contributed by atoms with Crippen molar-refractivity contribution >= 4 is 10.1 Å². The monoisotopic (exact) mass is 207 g/mol. The molecular formula is C13H10BeO2. The van der Waals surface area contributed by atoms with Crippen molar-refractivity contribution in [1.82, 2.24) is 0 Å². The number of para-hydroxylation sites is 2. The van der Waals surface area contributed by atoms with Crippen LogP contribution in [-0.4, -0.2) is 10.1 Å². The standard InChI is InChI=1S/C13H12O2.Be/c14-12-7-3-1-5-10(12)9-11-6-2-4-8-13(11)15;/h1-8,14-15H,9H2;/q;+2/p-2. The zero-order valence-electron chi connectivity index (χ0n) is 8.85. The summed E-state index contributed by atoms with van der Waals surface area (Å²) in [5.74, 6) is -0.0264. The van der Waals surface area contributed by atoms with E-state index in [1.54, 1.807) is 24.3 Å². The van der Waals surface area contributed by atoms with Crippen LogP contribution < -0.4 is 10.2 Å². The number of hydrogen-bond donors (Lipinski definition) is 0. The number of benzene rings is 2. The third-order valence-electron chi connectivity index (χ3n) is 2.33. The third kappa shape index (κ3) is 2.62. The molecule has 16 heavy (non-hydrogen) atoms. The van der Waals surface area contributed by atoms with Crippen molar-refractivity contribution in [1.29, 1.82) is 0 Å². The van der Waals surface area contributed by atoms with Crippen LogP contribution in [0.5, 0.6) is 11.5 Å². The van der Waals surface area contributed by atoms with Crippen molar-refractivity contribution in [2.24, 2.45) is 0 Å². The molecule has 76 valence electrons. The molecule has 0 aromatic heterocycles. The summed E-state index contributed by atoms with van der Waals surface area (Å²) in [5, 5.41) is 22.9. The molecule has 0 bridgehead atoms. The van der Waals surface area contributed by atoms with Gasteiger partial charge in [0.2, 0.25) is 0 Å². The summed E-state index contributed by atoms with van der Waals surface area (Å²) in [6.07, 6.45) is 0.416. The van der Waals surface area contributed by atoms with Crippen molar-refractivity contribution in [3.63, 3.8) is 0 Å². The topological polar surface area (TPSA) is 46.1 Å². The first kappa shape index (κ1) is 12.3. The van der Waals surface area contributed by atoms with Crippen LogP contribution in [0.15, 0.2) is 48.5 Å². The largest absolute Gasteiger partial charge is 2.00 e. The molecule has 0 N–H and O–H groups in total. The average Bonchev–Trinajstić information content (AvgIpc) is 2.24. The number of rotatable bonds is 2. The third-order valence-corrected chi connectivity index (χ3v) is 2.33. The van der Waals surface area contributed by atoms with Crippen molar-refractivity contribution < 1.29 is 10.2 Å². The van der Waals surface area contributed by atoms with Gasteiger partial charge in [-0.25, -0.2) is 0 Å². The first-order valence-corrected chi connectivity index (χ1v) is 4.77. The molecule has 0 saturated heterocycles. The van der Waals surface area contributed by atoms with Gasteiger partial charge in [-0.15, -0.1) is 11.5 Å². The first-order valence-electron chi connectivity index (χ1n) is 4.77. The van der Waals surface area contributed by atoms with Crippen LogP contribution in [0.3, 0.4) is 0 Å². The maximum Gasteiger partial charge on any atom is 2.00 e. The summed E-state index contributed by atoms with van der Waals surface area (Å²) in [7, 11) is 0. The maximum atomic E-state index is 11.4. The van der Waals surface area contributed by atoms with Gasteiger partial charge in [-0.05, 0) is 6.42 Å². The fraction of sp³-hybridized carbons (Fsp3) is 0.0769. The average molecular weight is 207 g/mol. The molecule has 0 amide bonds. The molecule has 0 unspecified atom stereocenters. The zero-order valence-corrected chi connectivity index (χ0v) is 8.85. The van der Waals surface area contributed by atoms with E-state index in [-0.39, 0.29) is 21.6 Å². The molecule has 2 nitrogen and oxygen atoms in total. The van der Waals surface area contributed by atoms with E-state index in [0.717, 1.165) is 0 Å². The van der Waals surface area contributed by atoms with E-state index < -0.39 is 0 Å². The van der Waals surface area contributed by atoms with E-state index >= 15 is 0 Å². The molecule has 0 fully saturated rings. The quantitative estimate of drug-likeness (QED) is 0.691. The summed E-state index contributed by atoms with van der Waals surface area (Å²) in [6.45, 7) is 0. The van der Waals surface area contributed by atoms with Gasteiger partial charge in [0.15, 0.2) is 0 Å². The Morgan fingerprint density at radius 2 is 1.06 bits per heavy atom. The Hall–Kier alpha value is -1.79. The Kier molecular flexibility index (Phi) is 4.10. The van der Waals surface area contributed by atoms with Gasteiger partial charge in [-0.3, -0.25) is 0 Å². The summed E-state index contributed by atoms with van der Waals surface area (Å²) in [4.78, 5) is 0. The normalized spacial score (nSPS) is 9.50. The van der Waals surface area contributed by atoms with Gasteiger partial charge in [-0.1, -0.05) is 59.7 Å². The molecular weight excluding hydrogens is 197 g/mol. The molecule has 2 rings (SSSR count). The second-order valence-electron chi connectivity index (χ2n) is 3.39. The van der Waals surface area contributed by atoms with Crippen LogP contribution in [0.25, 0.3) is 0 Å². The molecule has 0 aliphatic rings. The van der Waals surface area contributed by atoms with Crippen LogP contribution in [0.1, 0.15) is 11.1 Å². The Bertz CT molecular complexity index is 425. The minimum absolute atomic E-state index is 0. The minimum Gasteiger partial charge on any atom is -0.872 e. The molecule has 3 heteroatoms. The fourth-order valence-electron chi connectivity index (χ4n) is 1.50. The van der Waals surface area contributed by atoms with Crippen molar-refractivity contribution in [3.8, 4) is 11.5 Å². The zero-order chi connectivity index (χ0) is 10.7. The Morgan fingerprint density at radius 1 is 0.688 bits per heavy atom. The van der Waals surface area contributed by atoms with Crippen molar-refractivity contribution in [2.45, 2.75) is 6.42 Å². The SMILES string of the molecule is [Be+2].[O-]c1ccccc1Cc1ccccc1[O-]. The Morgan fingerprint density at radius 3 is 1.44 bits per heavy atom. The first-order chi connectivity index (χ1) is 7.27. The Labute approximate surface area is 98.4 Å². The molecule has 0 aliphatic heterocycles. The summed E-state index contributed by atoms with van der Waals surface area (Å²) < 4.78 is 0. The maximum absolute atomic E-state index is 11.4. The minimum atomic E-state index is -0.0132. The second kappa shape index (κ2) is 5.34. The molecule has 2 aromatic rings. The Balaban J connectivity index is 0.00000128. The van der Waals surface area contributed by atoms with Gasteiger partial charge in [-0.2, -0.15) is 0 Å². The van der Waals surface area contributed by atoms with E-state index in [4.69, 9.17) is 0 Å². The van der Waals surface area contributed by atoms with Gasteiger partial charge in [0, 0.05) is 0 Å². The van der Waals surface area contributed by atoms with E-state index in [1.165, 1.54) is 12.1 Å². The van der Waals surface area contributed by atoms with Gasteiger partial charge >= 0.3 is 10.1 Å². The summed E-state index contributed by atoms with van der Waals surface area (Å²) >= 11 is 0. The van der Waals surface area contributed by atoms with E-state index in [1.807, 2.05) is 12.1 Å². The van der Waals surface area contributed by atoms with Gasteiger partial charge in [0.1, 0.15) is 0 Å². The fourth-order valence-corrected chi connectivity index (χ4v) is 1.50. The second-order valence-corrected chi connectivity index (χ2v) is 3.39. The molecule has 2 aromatic carbocycles. The van der Waals surface area contributed by atoms with E-state index in [0.29, 0.717) is 17.5 Å². The molecule has 0 heterocycles. The predicted molar refractivity (Wildman–Crippen MR) is 60.3 cm³/mol. The molecule has 0 saturated carbocycles. The van der Waals surface area contributed by atoms with Crippen LogP contribution in [0.2, 0.25) is 0 Å². The van der Waals surface area contributed by atoms with Gasteiger partial charge in [0.25, 0.3) is 0 Å². The van der Waals surface area contributed by atoms with Crippen LogP contribution in [-0.2, 0) is 6.42 Å².